The SMILES string of the molecule is CC=C(CC(=O)NC1CCC(CC(=O)O)OB1O)SCCC. The van der Waals surface area contributed by atoms with Crippen LogP contribution in [0.15, 0.2) is 11.0 Å². The van der Waals surface area contributed by atoms with Crippen LogP contribution in [0.3, 0.4) is 0 Å². The first kappa shape index (κ1) is 19.1. The van der Waals surface area contributed by atoms with E-state index in [2.05, 4.69) is 12.2 Å². The Balaban J connectivity index is 2.40. The quantitative estimate of drug-likeness (QED) is 0.585. The van der Waals surface area contributed by atoms with Crippen molar-refractivity contribution in [3.8, 4) is 0 Å². The van der Waals surface area contributed by atoms with E-state index >= 15 is 0 Å². The fraction of sp³-hybridized carbons (Fsp3) is 0.714. The van der Waals surface area contributed by atoms with E-state index in [1.807, 2.05) is 13.0 Å². The van der Waals surface area contributed by atoms with Crippen molar-refractivity contribution in [1.82, 2.24) is 5.32 Å². The molecule has 124 valence electrons. The van der Waals surface area contributed by atoms with Crippen LogP contribution >= 0.6 is 11.8 Å². The molecule has 6 nitrogen and oxygen atoms in total. The van der Waals surface area contributed by atoms with E-state index < -0.39 is 25.1 Å². The van der Waals surface area contributed by atoms with Crippen LogP contribution in [0.25, 0.3) is 0 Å². The molecule has 3 N–H and O–H groups in total. The fourth-order valence-electron chi connectivity index (χ4n) is 2.24. The third-order valence-corrected chi connectivity index (χ3v) is 4.74. The van der Waals surface area contributed by atoms with Crippen LogP contribution in [0.4, 0.5) is 0 Å². The topological polar surface area (TPSA) is 95.9 Å². The average Bonchev–Trinajstić information content (AvgIpc) is 2.45. The van der Waals surface area contributed by atoms with Crippen LogP contribution in [0, 0.1) is 0 Å². The van der Waals surface area contributed by atoms with E-state index in [1.54, 1.807) is 11.8 Å². The number of aliphatic carboxylic acids is 1. The van der Waals surface area contributed by atoms with Gasteiger partial charge in [-0.05, 0) is 36.8 Å². The molecule has 1 heterocycles. The van der Waals surface area contributed by atoms with Gasteiger partial charge in [-0.15, -0.1) is 11.8 Å². The lowest BCUT2D eigenvalue weighted by Gasteiger charge is -2.30. The van der Waals surface area contributed by atoms with Gasteiger partial charge in [0.05, 0.1) is 24.9 Å². The molecule has 22 heavy (non-hydrogen) atoms. The van der Waals surface area contributed by atoms with Gasteiger partial charge in [0.1, 0.15) is 0 Å². The summed E-state index contributed by atoms with van der Waals surface area (Å²) in [7, 11) is -1.15. The van der Waals surface area contributed by atoms with Gasteiger partial charge in [-0.25, -0.2) is 0 Å². The summed E-state index contributed by atoms with van der Waals surface area (Å²) in [5.41, 5.74) is 0. The summed E-state index contributed by atoms with van der Waals surface area (Å²) >= 11 is 1.66. The predicted octanol–water partition coefficient (Wildman–Crippen LogP) is 1.58. The Bertz CT molecular complexity index is 418. The molecule has 1 rings (SSSR count). The van der Waals surface area contributed by atoms with Crippen molar-refractivity contribution in [3.63, 3.8) is 0 Å². The maximum Gasteiger partial charge on any atom is 0.478 e. The molecule has 0 aliphatic carbocycles. The Kier molecular flexibility index (Phi) is 8.59. The Labute approximate surface area is 135 Å². The van der Waals surface area contributed by atoms with Crippen molar-refractivity contribution in [2.75, 3.05) is 5.75 Å². The number of hydrogen-bond donors (Lipinski definition) is 3. The molecule has 0 aromatic rings. The molecule has 0 radical (unpaired) electrons. The third-order valence-electron chi connectivity index (χ3n) is 3.37. The molecule has 1 amide bonds. The van der Waals surface area contributed by atoms with Crippen LogP contribution in [-0.2, 0) is 14.2 Å². The number of rotatable bonds is 8. The van der Waals surface area contributed by atoms with Gasteiger partial charge in [-0.1, -0.05) is 13.0 Å². The van der Waals surface area contributed by atoms with Gasteiger partial charge in [0.25, 0.3) is 0 Å². The van der Waals surface area contributed by atoms with Crippen molar-refractivity contribution in [2.45, 2.75) is 58.0 Å². The number of allylic oxidation sites excluding steroid dienone is 1. The van der Waals surface area contributed by atoms with E-state index in [-0.39, 0.29) is 12.3 Å². The average molecular weight is 329 g/mol. The summed E-state index contributed by atoms with van der Waals surface area (Å²) < 4.78 is 5.25. The van der Waals surface area contributed by atoms with E-state index in [1.165, 1.54) is 0 Å². The molecule has 1 fully saturated rings. The zero-order valence-electron chi connectivity index (χ0n) is 13.1. The molecule has 0 bridgehead atoms. The summed E-state index contributed by atoms with van der Waals surface area (Å²) in [5.74, 6) is -0.614. The van der Waals surface area contributed by atoms with Gasteiger partial charge in [0, 0.05) is 0 Å². The fourth-order valence-corrected chi connectivity index (χ4v) is 3.11. The number of carboxylic acids is 1. The second-order valence-electron chi connectivity index (χ2n) is 5.28. The number of carbonyl (C=O) groups excluding carboxylic acids is 1. The van der Waals surface area contributed by atoms with Gasteiger partial charge in [-0.2, -0.15) is 0 Å². The second-order valence-corrected chi connectivity index (χ2v) is 6.50. The summed E-state index contributed by atoms with van der Waals surface area (Å²) in [6, 6.07) is 0. The van der Waals surface area contributed by atoms with Gasteiger partial charge in [-0.3, -0.25) is 9.59 Å². The molecule has 1 saturated heterocycles. The molecular formula is C14H24BNO5S. The molecule has 8 heteroatoms. The first-order chi connectivity index (χ1) is 10.5. The minimum absolute atomic E-state index is 0.131. The second kappa shape index (κ2) is 9.92. The van der Waals surface area contributed by atoms with E-state index in [9.17, 15) is 14.6 Å². The van der Waals surface area contributed by atoms with Gasteiger partial charge in [0.15, 0.2) is 0 Å². The Morgan fingerprint density at radius 2 is 2.18 bits per heavy atom. The summed E-state index contributed by atoms with van der Waals surface area (Å²) in [6.07, 6.45) is 3.66. The molecule has 2 atom stereocenters. The Morgan fingerprint density at radius 1 is 1.45 bits per heavy atom. The van der Waals surface area contributed by atoms with Crippen LogP contribution in [0.5, 0.6) is 0 Å². The summed E-state index contributed by atoms with van der Waals surface area (Å²) in [4.78, 5) is 23.7. The molecule has 0 spiro atoms. The number of carbonyl (C=O) groups is 2. The minimum Gasteiger partial charge on any atom is -0.481 e. The molecule has 2 unspecified atom stereocenters. The van der Waals surface area contributed by atoms with Crippen molar-refractivity contribution < 1.29 is 24.4 Å². The largest absolute Gasteiger partial charge is 0.481 e. The van der Waals surface area contributed by atoms with Crippen LogP contribution in [0.2, 0.25) is 0 Å². The summed E-state index contributed by atoms with van der Waals surface area (Å²) in [6.45, 7) is 3.99. The van der Waals surface area contributed by atoms with Crippen molar-refractivity contribution >= 4 is 30.8 Å². The van der Waals surface area contributed by atoms with Crippen molar-refractivity contribution in [1.29, 1.82) is 0 Å². The number of nitrogens with one attached hydrogen (secondary N) is 1. The molecule has 0 aromatic heterocycles. The van der Waals surface area contributed by atoms with Crippen molar-refractivity contribution in [3.05, 3.63) is 11.0 Å². The van der Waals surface area contributed by atoms with Crippen LogP contribution in [0.1, 0.15) is 46.0 Å². The van der Waals surface area contributed by atoms with Crippen LogP contribution < -0.4 is 5.32 Å². The highest BCUT2D eigenvalue weighted by atomic mass is 32.2. The number of thioether (sulfide) groups is 1. The summed E-state index contributed by atoms with van der Waals surface area (Å²) in [5, 5.41) is 21.4. The van der Waals surface area contributed by atoms with E-state index in [4.69, 9.17) is 9.76 Å². The van der Waals surface area contributed by atoms with Gasteiger partial charge >= 0.3 is 13.1 Å². The minimum atomic E-state index is -1.15. The van der Waals surface area contributed by atoms with E-state index in [0.29, 0.717) is 19.3 Å². The highest BCUT2D eigenvalue weighted by Gasteiger charge is 2.36. The predicted molar refractivity (Wildman–Crippen MR) is 87.4 cm³/mol. The number of amides is 1. The molecular weight excluding hydrogens is 305 g/mol. The lowest BCUT2D eigenvalue weighted by Crippen LogP contribution is -2.52. The monoisotopic (exact) mass is 329 g/mol. The first-order valence-corrected chi connectivity index (χ1v) is 8.57. The highest BCUT2D eigenvalue weighted by molar-refractivity contribution is 8.03. The molecule has 1 aliphatic heterocycles. The van der Waals surface area contributed by atoms with Gasteiger partial charge < -0.3 is 20.1 Å². The highest BCUT2D eigenvalue weighted by Crippen LogP contribution is 2.22. The Morgan fingerprint density at radius 3 is 2.73 bits per heavy atom. The Hall–Kier alpha value is -0.985. The lowest BCUT2D eigenvalue weighted by molar-refractivity contribution is -0.139. The smallest absolute Gasteiger partial charge is 0.478 e. The maximum absolute atomic E-state index is 12.0. The van der Waals surface area contributed by atoms with E-state index in [0.717, 1.165) is 17.1 Å². The van der Waals surface area contributed by atoms with Crippen molar-refractivity contribution in [2.24, 2.45) is 0 Å². The maximum atomic E-state index is 12.0. The number of carboxylic acid groups (broad SMARTS) is 1. The zero-order valence-corrected chi connectivity index (χ0v) is 13.9. The number of hydrogen-bond acceptors (Lipinski definition) is 5. The molecule has 0 aromatic carbocycles. The van der Waals surface area contributed by atoms with Gasteiger partial charge in [0.2, 0.25) is 5.91 Å². The third kappa shape index (κ3) is 6.85. The zero-order chi connectivity index (χ0) is 16.5. The molecule has 1 aliphatic rings. The normalized spacial score (nSPS) is 22.5. The molecule has 0 saturated carbocycles. The lowest BCUT2D eigenvalue weighted by atomic mass is 9.72. The standard InChI is InChI=1S/C14H24BNO5S/c1-3-7-22-11(4-2)9-13(17)16-12-6-5-10(8-14(18)19)21-15(12)20/h4,10,12,20H,3,5-9H2,1-2H3,(H,16,17)(H,18,19). The first-order valence-electron chi connectivity index (χ1n) is 7.58. The van der Waals surface area contributed by atoms with Crippen LogP contribution in [-0.4, -0.2) is 46.9 Å².